The van der Waals surface area contributed by atoms with Crippen LogP contribution in [-0.4, -0.2) is 12.8 Å². The summed E-state index contributed by atoms with van der Waals surface area (Å²) < 4.78 is 0. The summed E-state index contributed by atoms with van der Waals surface area (Å²) in [6.45, 7) is 0. The summed E-state index contributed by atoms with van der Waals surface area (Å²) >= 11 is 0. The van der Waals surface area contributed by atoms with Crippen LogP contribution < -0.4 is 10.9 Å². The summed E-state index contributed by atoms with van der Waals surface area (Å²) in [5.41, 5.74) is 3.68. The molecule has 0 bridgehead atoms. The van der Waals surface area contributed by atoms with Gasteiger partial charge >= 0.3 is 0 Å². The second kappa shape index (κ2) is 5.54. The molecule has 6 heteroatoms. The average molecular weight is 116 g/mol. The molecule has 0 saturated heterocycles. The van der Waals surface area contributed by atoms with Crippen molar-refractivity contribution >= 4 is 12.8 Å². The van der Waals surface area contributed by atoms with E-state index in [0.29, 0.717) is 12.8 Å². The first-order valence-electron chi connectivity index (χ1n) is 1.70. The van der Waals surface area contributed by atoms with Gasteiger partial charge in [0.1, 0.15) is 0 Å². The zero-order valence-electron chi connectivity index (χ0n) is 3.87. The Labute approximate surface area is 44.9 Å². The maximum absolute atomic E-state index is 9.39. The van der Waals surface area contributed by atoms with Gasteiger partial charge in [0.25, 0.3) is 0 Å². The Hall–Kier alpha value is -1.46. The number of nitrogens with zero attached hydrogens (tertiary/aromatic N) is 2. The SMILES string of the molecule is O=CNN=NNC=O. The Bertz CT molecular complexity index is 88.2. The maximum atomic E-state index is 9.39. The van der Waals surface area contributed by atoms with Crippen molar-refractivity contribution in [3.05, 3.63) is 0 Å². The Kier molecular flexibility index (Phi) is 4.53. The number of hydrogen-bond acceptors (Lipinski definition) is 4. The number of hydrogen-bond donors (Lipinski definition) is 2. The summed E-state index contributed by atoms with van der Waals surface area (Å²) in [7, 11) is 0. The van der Waals surface area contributed by atoms with Gasteiger partial charge in [0, 0.05) is 0 Å². The minimum atomic E-state index is 0.329. The molecule has 0 aliphatic heterocycles. The summed E-state index contributed by atoms with van der Waals surface area (Å²) in [6, 6.07) is 0. The molecule has 0 unspecified atom stereocenters. The van der Waals surface area contributed by atoms with Gasteiger partial charge in [0.15, 0.2) is 0 Å². The fraction of sp³-hybridized carbons (Fsp3) is 0. The molecule has 2 N–H and O–H groups in total. The molecule has 6 nitrogen and oxygen atoms in total. The summed E-state index contributed by atoms with van der Waals surface area (Å²) in [5.74, 6) is 0. The van der Waals surface area contributed by atoms with E-state index in [0.717, 1.165) is 0 Å². The number of rotatable bonds is 4. The highest BCUT2D eigenvalue weighted by Crippen LogP contribution is 1.53. The lowest BCUT2D eigenvalue weighted by Crippen LogP contribution is -2.04. The van der Waals surface area contributed by atoms with Crippen LogP contribution in [0, 0.1) is 0 Å². The van der Waals surface area contributed by atoms with E-state index >= 15 is 0 Å². The minimum absolute atomic E-state index is 0.329. The fourth-order valence-corrected chi connectivity index (χ4v) is 0.105. The van der Waals surface area contributed by atoms with Crippen LogP contribution in [0.3, 0.4) is 0 Å². The molecule has 0 fully saturated rings. The van der Waals surface area contributed by atoms with Gasteiger partial charge in [0.05, 0.1) is 0 Å². The van der Waals surface area contributed by atoms with Gasteiger partial charge in [-0.3, -0.25) is 9.59 Å². The molecule has 8 heavy (non-hydrogen) atoms. The van der Waals surface area contributed by atoms with Crippen LogP contribution in [0.5, 0.6) is 0 Å². The molecular formula is C2H4N4O2. The van der Waals surface area contributed by atoms with E-state index in [9.17, 15) is 9.59 Å². The first kappa shape index (κ1) is 6.54. The number of nitrogens with one attached hydrogen (secondary N) is 2. The van der Waals surface area contributed by atoms with Crippen LogP contribution in [0.25, 0.3) is 0 Å². The van der Waals surface area contributed by atoms with E-state index in [-0.39, 0.29) is 0 Å². The van der Waals surface area contributed by atoms with Gasteiger partial charge in [0.2, 0.25) is 12.8 Å². The Balaban J connectivity index is 3.06. The van der Waals surface area contributed by atoms with Crippen LogP contribution >= 0.6 is 0 Å². The molecule has 0 aromatic heterocycles. The minimum Gasteiger partial charge on any atom is -0.277 e. The van der Waals surface area contributed by atoms with Gasteiger partial charge in [-0.1, -0.05) is 0 Å². The van der Waals surface area contributed by atoms with E-state index in [1.807, 2.05) is 10.9 Å². The van der Waals surface area contributed by atoms with Crippen molar-refractivity contribution in [1.82, 2.24) is 10.9 Å². The summed E-state index contributed by atoms with van der Waals surface area (Å²) in [5, 5.41) is 5.89. The molecule has 0 aliphatic carbocycles. The van der Waals surface area contributed by atoms with E-state index in [2.05, 4.69) is 10.4 Å². The van der Waals surface area contributed by atoms with Gasteiger partial charge in [-0.05, 0) is 10.4 Å². The third-order valence-corrected chi connectivity index (χ3v) is 0.271. The molecule has 0 atom stereocenters. The molecule has 0 saturated carbocycles. The van der Waals surface area contributed by atoms with Crippen LogP contribution in [0.15, 0.2) is 10.4 Å². The first-order chi connectivity index (χ1) is 3.91. The van der Waals surface area contributed by atoms with E-state index in [1.54, 1.807) is 0 Å². The third kappa shape index (κ3) is 4.54. The molecule has 44 valence electrons. The highest BCUT2D eigenvalue weighted by Gasteiger charge is 1.65. The van der Waals surface area contributed by atoms with Crippen molar-refractivity contribution in [1.29, 1.82) is 0 Å². The quantitative estimate of drug-likeness (QED) is 0.273. The van der Waals surface area contributed by atoms with Gasteiger partial charge in [-0.2, -0.15) is 0 Å². The second-order valence-corrected chi connectivity index (χ2v) is 0.694. The van der Waals surface area contributed by atoms with E-state index < -0.39 is 0 Å². The molecule has 0 aromatic rings. The van der Waals surface area contributed by atoms with Gasteiger partial charge in [-0.15, -0.1) is 0 Å². The zero-order valence-corrected chi connectivity index (χ0v) is 3.87. The fourth-order valence-electron chi connectivity index (χ4n) is 0.105. The first-order valence-corrected chi connectivity index (χ1v) is 1.70. The monoisotopic (exact) mass is 116 g/mol. The maximum Gasteiger partial charge on any atom is 0.228 e. The van der Waals surface area contributed by atoms with E-state index in [1.165, 1.54) is 0 Å². The third-order valence-electron chi connectivity index (χ3n) is 0.271. The number of carbonyl (C=O) groups is 2. The molecule has 0 aromatic carbocycles. The lowest BCUT2D eigenvalue weighted by molar-refractivity contribution is -0.111. The van der Waals surface area contributed by atoms with Gasteiger partial charge < -0.3 is 0 Å². The largest absolute Gasteiger partial charge is 0.277 e. The molecule has 2 amide bonds. The van der Waals surface area contributed by atoms with Crippen LogP contribution in [0.2, 0.25) is 0 Å². The summed E-state index contributed by atoms with van der Waals surface area (Å²) in [6.07, 6.45) is 0.659. The van der Waals surface area contributed by atoms with Crippen LogP contribution in [-0.2, 0) is 9.59 Å². The van der Waals surface area contributed by atoms with Crippen molar-refractivity contribution in [3.8, 4) is 0 Å². The molecule has 0 rings (SSSR count). The molecule has 0 aliphatic rings. The highest BCUT2D eigenvalue weighted by molar-refractivity contribution is 5.45. The van der Waals surface area contributed by atoms with Crippen molar-refractivity contribution in [3.63, 3.8) is 0 Å². The lowest BCUT2D eigenvalue weighted by atomic mass is 11.4. The van der Waals surface area contributed by atoms with Crippen LogP contribution in [0.1, 0.15) is 0 Å². The second-order valence-electron chi connectivity index (χ2n) is 0.694. The smallest absolute Gasteiger partial charge is 0.228 e. The Morgan fingerprint density at radius 3 is 1.62 bits per heavy atom. The molecule has 0 radical (unpaired) electrons. The number of carbonyl (C=O) groups excluding carboxylic acids is 2. The summed E-state index contributed by atoms with van der Waals surface area (Å²) in [4.78, 5) is 18.8. The predicted molar refractivity (Wildman–Crippen MR) is 23.3 cm³/mol. The van der Waals surface area contributed by atoms with E-state index in [4.69, 9.17) is 0 Å². The Morgan fingerprint density at radius 1 is 1.00 bits per heavy atom. The van der Waals surface area contributed by atoms with Crippen LogP contribution in [0.4, 0.5) is 0 Å². The zero-order chi connectivity index (χ0) is 6.24. The standard InChI is InChI=1S/C2H4N4O2/c7-1-3-5-6-4-2-8/h1-2H,(H,3,6,7)(H,4,5,8). The average Bonchev–Trinajstić information content (AvgIpc) is 1.81. The predicted octanol–water partition coefficient (Wildman–Crippen LogP) is -1.24. The Morgan fingerprint density at radius 2 is 1.38 bits per heavy atom. The number of amides is 2. The lowest BCUT2D eigenvalue weighted by Gasteiger charge is -1.79. The topological polar surface area (TPSA) is 82.9 Å². The van der Waals surface area contributed by atoms with Crippen molar-refractivity contribution in [2.75, 3.05) is 0 Å². The van der Waals surface area contributed by atoms with Crippen molar-refractivity contribution < 1.29 is 9.59 Å². The highest BCUT2D eigenvalue weighted by atomic mass is 16.1. The van der Waals surface area contributed by atoms with Crippen molar-refractivity contribution in [2.45, 2.75) is 0 Å². The molecular weight excluding hydrogens is 112 g/mol. The normalized spacial score (nSPS) is 8.50. The van der Waals surface area contributed by atoms with Crippen molar-refractivity contribution in [2.24, 2.45) is 10.4 Å². The van der Waals surface area contributed by atoms with Gasteiger partial charge in [-0.25, -0.2) is 10.9 Å². The molecule has 0 heterocycles. The molecule has 0 spiro atoms.